The Morgan fingerprint density at radius 1 is 1.75 bits per heavy atom. The molecule has 0 saturated heterocycles. The Morgan fingerprint density at radius 3 is 2.88 bits per heavy atom. The van der Waals surface area contributed by atoms with Crippen LogP contribution in [0.3, 0.4) is 0 Å². The Kier molecular flexibility index (Phi) is 1.33. The third-order valence-corrected chi connectivity index (χ3v) is 1.13. The molecule has 1 atom stereocenters. The fourth-order valence-corrected chi connectivity index (χ4v) is 0.618. The van der Waals surface area contributed by atoms with Gasteiger partial charge >= 0.3 is 0 Å². The molecular formula is C6H8FN. The van der Waals surface area contributed by atoms with Crippen molar-refractivity contribution in [3.05, 3.63) is 23.9 Å². The predicted molar refractivity (Wildman–Crippen MR) is 30.9 cm³/mol. The summed E-state index contributed by atoms with van der Waals surface area (Å²) in [4.78, 5) is 0. The molecule has 8 heavy (non-hydrogen) atoms. The van der Waals surface area contributed by atoms with Gasteiger partial charge in [0.15, 0.2) is 0 Å². The lowest BCUT2D eigenvalue weighted by molar-refractivity contribution is 0.379. The normalized spacial score (nSPS) is 27.6. The first-order valence-corrected chi connectivity index (χ1v) is 2.57. The maximum Gasteiger partial charge on any atom is 0.143 e. The molecule has 0 fully saturated rings. The molecule has 1 aliphatic rings. The van der Waals surface area contributed by atoms with Crippen molar-refractivity contribution in [3.63, 3.8) is 0 Å². The Hall–Kier alpha value is -0.790. The van der Waals surface area contributed by atoms with E-state index in [1.165, 1.54) is 0 Å². The van der Waals surface area contributed by atoms with E-state index in [2.05, 4.69) is 0 Å². The molecule has 0 aromatic carbocycles. The largest absolute Gasteiger partial charge is 0.400 e. The van der Waals surface area contributed by atoms with Crippen LogP contribution < -0.4 is 5.73 Å². The molecule has 0 saturated carbocycles. The van der Waals surface area contributed by atoms with Gasteiger partial charge in [-0.05, 0) is 6.08 Å². The minimum absolute atomic E-state index is 0.340. The zero-order chi connectivity index (χ0) is 5.98. The van der Waals surface area contributed by atoms with Crippen LogP contribution in [0.15, 0.2) is 23.9 Å². The fraction of sp³-hybridized carbons (Fsp3) is 0.333. The molecule has 0 radical (unpaired) electrons. The van der Waals surface area contributed by atoms with Crippen molar-refractivity contribution in [2.75, 3.05) is 0 Å². The summed E-state index contributed by atoms with van der Waals surface area (Å²) in [6.07, 6.45) is 4.61. The van der Waals surface area contributed by atoms with Crippen molar-refractivity contribution in [1.29, 1.82) is 0 Å². The summed E-state index contributed by atoms with van der Waals surface area (Å²) in [5, 5.41) is 0. The zero-order valence-corrected chi connectivity index (χ0v) is 4.47. The quantitative estimate of drug-likeness (QED) is 0.500. The van der Waals surface area contributed by atoms with E-state index in [9.17, 15) is 4.39 Å². The number of alkyl halides is 1. The van der Waals surface area contributed by atoms with Crippen LogP contribution in [0.5, 0.6) is 0 Å². The third kappa shape index (κ3) is 0.886. The van der Waals surface area contributed by atoms with Gasteiger partial charge in [-0.1, -0.05) is 12.2 Å². The van der Waals surface area contributed by atoms with Crippen molar-refractivity contribution in [1.82, 2.24) is 0 Å². The second-order valence-electron chi connectivity index (χ2n) is 1.80. The monoisotopic (exact) mass is 113 g/mol. The van der Waals surface area contributed by atoms with Gasteiger partial charge in [0.25, 0.3) is 0 Å². The maximum atomic E-state index is 12.3. The van der Waals surface area contributed by atoms with Gasteiger partial charge in [-0.25, -0.2) is 4.39 Å². The molecule has 1 aliphatic carbocycles. The molecule has 0 heterocycles. The SMILES string of the molecule is NC1=CC=CC[C@@H]1F. The second-order valence-corrected chi connectivity index (χ2v) is 1.80. The standard InChI is InChI=1S/C6H8FN/c7-5-3-1-2-4-6(5)8/h1-2,4-5H,3,8H2/t5-/m0/s1. The van der Waals surface area contributed by atoms with Gasteiger partial charge in [0.1, 0.15) is 6.17 Å². The van der Waals surface area contributed by atoms with E-state index >= 15 is 0 Å². The van der Waals surface area contributed by atoms with Crippen LogP contribution in [0.1, 0.15) is 6.42 Å². The van der Waals surface area contributed by atoms with Gasteiger partial charge in [-0.3, -0.25) is 0 Å². The lowest BCUT2D eigenvalue weighted by atomic mass is 10.1. The molecule has 0 amide bonds. The van der Waals surface area contributed by atoms with Crippen molar-refractivity contribution < 1.29 is 4.39 Å². The van der Waals surface area contributed by atoms with Crippen LogP contribution in [-0.4, -0.2) is 6.17 Å². The summed E-state index contributed by atoms with van der Waals surface area (Å²) in [7, 11) is 0. The van der Waals surface area contributed by atoms with Gasteiger partial charge in [0.2, 0.25) is 0 Å². The van der Waals surface area contributed by atoms with E-state index in [0.717, 1.165) is 0 Å². The molecule has 0 bridgehead atoms. The molecule has 2 N–H and O–H groups in total. The molecule has 1 rings (SSSR count). The minimum Gasteiger partial charge on any atom is -0.400 e. The number of halogens is 1. The first kappa shape index (κ1) is 5.35. The lowest BCUT2D eigenvalue weighted by Crippen LogP contribution is -2.13. The van der Waals surface area contributed by atoms with Crippen LogP contribution in [-0.2, 0) is 0 Å². The number of nitrogens with two attached hydrogens (primary N) is 1. The van der Waals surface area contributed by atoms with Crippen molar-refractivity contribution in [3.8, 4) is 0 Å². The summed E-state index contributed by atoms with van der Waals surface area (Å²) in [6.45, 7) is 0. The average molecular weight is 113 g/mol. The van der Waals surface area contributed by atoms with E-state index in [1.807, 2.05) is 0 Å². The smallest absolute Gasteiger partial charge is 0.143 e. The van der Waals surface area contributed by atoms with Crippen molar-refractivity contribution >= 4 is 0 Å². The van der Waals surface area contributed by atoms with Crippen molar-refractivity contribution in [2.24, 2.45) is 5.73 Å². The van der Waals surface area contributed by atoms with Crippen LogP contribution in [0, 0.1) is 0 Å². The summed E-state index contributed by atoms with van der Waals surface area (Å²) < 4.78 is 12.3. The average Bonchev–Trinajstić information content (AvgIpc) is 1.77. The van der Waals surface area contributed by atoms with Crippen LogP contribution >= 0.6 is 0 Å². The number of rotatable bonds is 0. The van der Waals surface area contributed by atoms with E-state index < -0.39 is 6.17 Å². The zero-order valence-electron chi connectivity index (χ0n) is 4.47. The minimum atomic E-state index is -0.944. The fourth-order valence-electron chi connectivity index (χ4n) is 0.618. The van der Waals surface area contributed by atoms with Crippen LogP contribution in [0.4, 0.5) is 4.39 Å². The molecule has 2 heteroatoms. The highest BCUT2D eigenvalue weighted by Gasteiger charge is 2.08. The van der Waals surface area contributed by atoms with E-state index in [4.69, 9.17) is 5.73 Å². The van der Waals surface area contributed by atoms with Crippen molar-refractivity contribution in [2.45, 2.75) is 12.6 Å². The number of hydrogen-bond donors (Lipinski definition) is 1. The van der Waals surface area contributed by atoms with Crippen LogP contribution in [0.2, 0.25) is 0 Å². The summed E-state index contributed by atoms with van der Waals surface area (Å²) in [5.74, 6) is 0. The second kappa shape index (κ2) is 1.99. The Morgan fingerprint density at radius 2 is 2.50 bits per heavy atom. The third-order valence-electron chi connectivity index (χ3n) is 1.13. The highest BCUT2D eigenvalue weighted by molar-refractivity contribution is 5.19. The molecule has 0 aromatic rings. The van der Waals surface area contributed by atoms with E-state index in [-0.39, 0.29) is 0 Å². The Balaban J connectivity index is 2.66. The molecular weight excluding hydrogens is 105 g/mol. The highest BCUT2D eigenvalue weighted by atomic mass is 19.1. The first-order chi connectivity index (χ1) is 3.80. The molecule has 0 aromatic heterocycles. The predicted octanol–water partition coefficient (Wildman–Crippen LogP) is 1.13. The van der Waals surface area contributed by atoms with Gasteiger partial charge in [-0.2, -0.15) is 0 Å². The van der Waals surface area contributed by atoms with Gasteiger partial charge in [0, 0.05) is 12.1 Å². The molecule has 0 spiro atoms. The summed E-state index contributed by atoms with van der Waals surface area (Å²) >= 11 is 0. The van der Waals surface area contributed by atoms with Gasteiger partial charge < -0.3 is 5.73 Å². The summed E-state index contributed by atoms with van der Waals surface area (Å²) in [5.41, 5.74) is 5.55. The first-order valence-electron chi connectivity index (χ1n) is 2.57. The van der Waals surface area contributed by atoms with Crippen LogP contribution in [0.25, 0.3) is 0 Å². The maximum absolute atomic E-state index is 12.3. The lowest BCUT2D eigenvalue weighted by Gasteiger charge is -2.07. The van der Waals surface area contributed by atoms with Gasteiger partial charge in [0.05, 0.1) is 0 Å². The summed E-state index contributed by atoms with van der Waals surface area (Å²) in [6, 6.07) is 0. The van der Waals surface area contributed by atoms with Gasteiger partial charge in [-0.15, -0.1) is 0 Å². The highest BCUT2D eigenvalue weighted by Crippen LogP contribution is 2.10. The Bertz CT molecular complexity index is 137. The topological polar surface area (TPSA) is 26.0 Å². The Labute approximate surface area is 47.7 Å². The number of hydrogen-bond acceptors (Lipinski definition) is 1. The number of allylic oxidation sites excluding steroid dienone is 4. The molecule has 0 aliphatic heterocycles. The molecule has 0 unspecified atom stereocenters. The molecule has 44 valence electrons. The van der Waals surface area contributed by atoms with E-state index in [1.54, 1.807) is 18.2 Å². The molecule has 1 nitrogen and oxygen atoms in total. The van der Waals surface area contributed by atoms with E-state index in [0.29, 0.717) is 12.1 Å².